The van der Waals surface area contributed by atoms with E-state index in [2.05, 4.69) is 9.98 Å². The van der Waals surface area contributed by atoms with Crippen molar-refractivity contribution >= 4 is 28.5 Å². The summed E-state index contributed by atoms with van der Waals surface area (Å²) in [5.74, 6) is -0.370. The molecule has 1 unspecified atom stereocenters. The second kappa shape index (κ2) is 3.57. The van der Waals surface area contributed by atoms with E-state index in [4.69, 9.17) is 4.74 Å². The molecule has 2 aliphatic rings. The first-order chi connectivity index (χ1) is 6.70. The lowest BCUT2D eigenvalue weighted by Crippen LogP contribution is -2.05. The van der Waals surface area contributed by atoms with Gasteiger partial charge < -0.3 is 4.74 Å². The van der Waals surface area contributed by atoms with Crippen molar-refractivity contribution in [2.75, 3.05) is 6.61 Å². The van der Waals surface area contributed by atoms with Crippen LogP contribution in [0.5, 0.6) is 0 Å². The molecule has 0 fully saturated rings. The molecule has 74 valence electrons. The molecule has 0 aromatic carbocycles. The molecule has 0 aromatic heterocycles. The van der Waals surface area contributed by atoms with Gasteiger partial charge >= 0.3 is 5.97 Å². The van der Waals surface area contributed by atoms with Crippen molar-refractivity contribution in [3.8, 4) is 0 Å². The van der Waals surface area contributed by atoms with E-state index in [9.17, 15) is 4.79 Å². The Labute approximate surface area is 86.1 Å². The molecule has 0 bridgehead atoms. The maximum absolute atomic E-state index is 11.3. The Morgan fingerprint density at radius 1 is 1.71 bits per heavy atom. The number of carbonyl (C=O) groups excluding carboxylic acids is 1. The highest BCUT2D eigenvalue weighted by atomic mass is 32.2. The monoisotopic (exact) mass is 210 g/mol. The summed E-state index contributed by atoms with van der Waals surface area (Å²) in [6, 6.07) is 0. The minimum absolute atomic E-state index is 0.212. The van der Waals surface area contributed by atoms with Gasteiger partial charge in [-0.05, 0) is 19.9 Å². The number of nitrogens with zero attached hydrogens (tertiary/aromatic N) is 2. The smallest absolute Gasteiger partial charge is 0.357 e. The second-order valence-corrected chi connectivity index (χ2v) is 4.20. The molecule has 0 aliphatic carbocycles. The third kappa shape index (κ3) is 1.59. The SMILES string of the molecule is CCOC(=O)C1=CC2=NC(C)SC2=N1. The third-order valence-corrected chi connectivity index (χ3v) is 2.77. The highest BCUT2D eigenvalue weighted by Gasteiger charge is 2.28. The number of fused-ring (bicyclic) bond motifs is 1. The Morgan fingerprint density at radius 2 is 2.50 bits per heavy atom. The lowest BCUT2D eigenvalue weighted by Gasteiger charge is -1.98. The van der Waals surface area contributed by atoms with Crippen LogP contribution in [0.4, 0.5) is 0 Å². The zero-order valence-corrected chi connectivity index (χ0v) is 8.80. The van der Waals surface area contributed by atoms with E-state index in [-0.39, 0.29) is 11.3 Å². The molecule has 4 nitrogen and oxygen atoms in total. The average Bonchev–Trinajstić information content (AvgIpc) is 2.61. The Hall–Kier alpha value is -1.10. The number of allylic oxidation sites excluding steroid dienone is 1. The summed E-state index contributed by atoms with van der Waals surface area (Å²) in [5.41, 5.74) is 1.17. The quantitative estimate of drug-likeness (QED) is 0.647. The fourth-order valence-corrected chi connectivity index (χ4v) is 2.14. The summed E-state index contributed by atoms with van der Waals surface area (Å²) in [4.78, 5) is 19.8. The van der Waals surface area contributed by atoms with Gasteiger partial charge in [-0.3, -0.25) is 4.99 Å². The van der Waals surface area contributed by atoms with Gasteiger partial charge in [-0.2, -0.15) is 0 Å². The van der Waals surface area contributed by atoms with Gasteiger partial charge in [0, 0.05) is 0 Å². The molecule has 2 rings (SSSR count). The minimum atomic E-state index is -0.370. The van der Waals surface area contributed by atoms with Crippen LogP contribution in [0.25, 0.3) is 0 Å². The molecule has 0 radical (unpaired) electrons. The normalized spacial score (nSPS) is 23.9. The Kier molecular flexibility index (Phi) is 2.41. The molecular weight excluding hydrogens is 200 g/mol. The largest absolute Gasteiger partial charge is 0.461 e. The molecule has 0 spiro atoms. The topological polar surface area (TPSA) is 51.0 Å². The second-order valence-electron chi connectivity index (χ2n) is 2.90. The number of esters is 1. The van der Waals surface area contributed by atoms with Gasteiger partial charge in [0.05, 0.1) is 17.7 Å². The van der Waals surface area contributed by atoms with E-state index in [1.165, 1.54) is 0 Å². The number of ether oxygens (including phenoxy) is 1. The number of hydrogen-bond acceptors (Lipinski definition) is 5. The van der Waals surface area contributed by atoms with Crippen LogP contribution in [0.1, 0.15) is 13.8 Å². The van der Waals surface area contributed by atoms with Crippen molar-refractivity contribution in [2.45, 2.75) is 19.2 Å². The first-order valence-corrected chi connectivity index (χ1v) is 5.31. The van der Waals surface area contributed by atoms with E-state index >= 15 is 0 Å². The van der Waals surface area contributed by atoms with E-state index in [0.29, 0.717) is 12.3 Å². The van der Waals surface area contributed by atoms with Gasteiger partial charge in [-0.1, -0.05) is 11.8 Å². The lowest BCUT2D eigenvalue weighted by atomic mass is 10.3. The van der Waals surface area contributed by atoms with Crippen LogP contribution in [-0.4, -0.2) is 28.7 Å². The average molecular weight is 210 g/mol. The van der Waals surface area contributed by atoms with E-state index in [1.807, 2.05) is 6.92 Å². The third-order valence-electron chi connectivity index (χ3n) is 1.80. The minimum Gasteiger partial charge on any atom is -0.461 e. The van der Waals surface area contributed by atoms with Gasteiger partial charge in [0.25, 0.3) is 0 Å². The van der Waals surface area contributed by atoms with Crippen LogP contribution in [0.2, 0.25) is 0 Å². The molecule has 0 aromatic rings. The fourth-order valence-electron chi connectivity index (χ4n) is 1.26. The van der Waals surface area contributed by atoms with Crippen LogP contribution >= 0.6 is 11.8 Å². The van der Waals surface area contributed by atoms with E-state index in [0.717, 1.165) is 10.8 Å². The summed E-state index contributed by atoms with van der Waals surface area (Å²) in [7, 11) is 0. The number of rotatable bonds is 2. The van der Waals surface area contributed by atoms with Crippen LogP contribution in [-0.2, 0) is 9.53 Å². The number of aliphatic imine (C=N–C) groups is 2. The van der Waals surface area contributed by atoms with Crippen molar-refractivity contribution < 1.29 is 9.53 Å². The number of carbonyl (C=O) groups is 1. The summed E-state index contributed by atoms with van der Waals surface area (Å²) >= 11 is 1.56. The van der Waals surface area contributed by atoms with Gasteiger partial charge in [-0.15, -0.1) is 0 Å². The summed E-state index contributed by atoms with van der Waals surface area (Å²) in [6.45, 7) is 4.14. The van der Waals surface area contributed by atoms with Crippen LogP contribution < -0.4 is 0 Å². The number of thioether (sulfide) groups is 1. The predicted molar refractivity (Wildman–Crippen MR) is 56.6 cm³/mol. The molecule has 2 aliphatic heterocycles. The van der Waals surface area contributed by atoms with Crippen LogP contribution in [0.15, 0.2) is 21.8 Å². The Morgan fingerprint density at radius 3 is 3.14 bits per heavy atom. The molecular formula is C9H10N2O2S. The summed E-state index contributed by atoms with van der Waals surface area (Å²) in [6.07, 6.45) is 1.68. The standard InChI is InChI=1S/C9H10N2O2S/c1-3-13-9(12)7-4-6-8(11-7)14-5(2)10-6/h4-5H,3H2,1-2H3. The van der Waals surface area contributed by atoms with Crippen molar-refractivity contribution in [1.29, 1.82) is 0 Å². The van der Waals surface area contributed by atoms with Crippen molar-refractivity contribution in [3.05, 3.63) is 11.8 Å². The van der Waals surface area contributed by atoms with Crippen molar-refractivity contribution in [2.24, 2.45) is 9.98 Å². The number of hydrogen-bond donors (Lipinski definition) is 0. The summed E-state index contributed by atoms with van der Waals surface area (Å²) in [5, 5.41) is 1.05. The zero-order chi connectivity index (χ0) is 10.1. The Bertz CT molecular complexity index is 371. The molecule has 1 atom stereocenters. The summed E-state index contributed by atoms with van der Waals surface area (Å²) < 4.78 is 4.84. The van der Waals surface area contributed by atoms with Crippen LogP contribution in [0, 0.1) is 0 Å². The Balaban J connectivity index is 2.16. The van der Waals surface area contributed by atoms with Crippen molar-refractivity contribution in [3.63, 3.8) is 0 Å². The highest BCUT2D eigenvalue weighted by Crippen LogP contribution is 2.28. The molecule has 0 saturated carbocycles. The highest BCUT2D eigenvalue weighted by molar-refractivity contribution is 8.16. The van der Waals surface area contributed by atoms with Gasteiger partial charge in [0.15, 0.2) is 5.70 Å². The maximum atomic E-state index is 11.3. The van der Waals surface area contributed by atoms with E-state index in [1.54, 1.807) is 24.8 Å². The molecule has 0 amide bonds. The fraction of sp³-hybridized carbons (Fsp3) is 0.444. The van der Waals surface area contributed by atoms with E-state index < -0.39 is 0 Å². The molecule has 0 N–H and O–H groups in total. The molecule has 0 saturated heterocycles. The molecule has 14 heavy (non-hydrogen) atoms. The maximum Gasteiger partial charge on any atom is 0.357 e. The predicted octanol–water partition coefficient (Wildman–Crippen LogP) is 1.38. The first kappa shape index (κ1) is 9.45. The van der Waals surface area contributed by atoms with Crippen LogP contribution in [0.3, 0.4) is 0 Å². The van der Waals surface area contributed by atoms with Gasteiger partial charge in [0.2, 0.25) is 0 Å². The van der Waals surface area contributed by atoms with Gasteiger partial charge in [-0.25, -0.2) is 9.79 Å². The first-order valence-electron chi connectivity index (χ1n) is 4.43. The zero-order valence-electron chi connectivity index (χ0n) is 7.98. The molecule has 2 heterocycles. The van der Waals surface area contributed by atoms with Gasteiger partial charge in [0.1, 0.15) is 5.04 Å². The lowest BCUT2D eigenvalue weighted by molar-refractivity contribution is -0.138. The molecule has 5 heteroatoms. The van der Waals surface area contributed by atoms with Crippen molar-refractivity contribution in [1.82, 2.24) is 0 Å².